The lowest BCUT2D eigenvalue weighted by atomic mass is 9.99. The molecule has 0 aromatic rings. The molecule has 0 amide bonds. The fourth-order valence-electron chi connectivity index (χ4n) is 2.35. The average molecular weight is 169 g/mol. The fourth-order valence-corrected chi connectivity index (χ4v) is 2.35. The van der Waals surface area contributed by atoms with Gasteiger partial charge in [-0.05, 0) is 51.6 Å². The van der Waals surface area contributed by atoms with Crippen molar-refractivity contribution < 1.29 is 4.74 Å². The standard InChI is InChI=1S/C10H19NO/c1-8-2-3-10(12-8)6-9-4-5-11-7-9/h8-11H,2-7H2,1H3. The van der Waals surface area contributed by atoms with Gasteiger partial charge in [0, 0.05) is 0 Å². The monoisotopic (exact) mass is 169 g/mol. The maximum Gasteiger partial charge on any atom is 0.0582 e. The number of hydrogen-bond acceptors (Lipinski definition) is 2. The molecule has 1 N–H and O–H groups in total. The van der Waals surface area contributed by atoms with E-state index in [1.807, 2.05) is 0 Å². The van der Waals surface area contributed by atoms with Gasteiger partial charge in [-0.1, -0.05) is 0 Å². The summed E-state index contributed by atoms with van der Waals surface area (Å²) in [6.07, 6.45) is 6.29. The summed E-state index contributed by atoms with van der Waals surface area (Å²) in [5.41, 5.74) is 0. The van der Waals surface area contributed by atoms with Crippen molar-refractivity contribution in [3.8, 4) is 0 Å². The van der Waals surface area contributed by atoms with Crippen LogP contribution in [0.1, 0.15) is 32.6 Å². The Labute approximate surface area is 74.7 Å². The molecule has 2 rings (SSSR count). The molecule has 3 unspecified atom stereocenters. The van der Waals surface area contributed by atoms with Gasteiger partial charge in [-0.25, -0.2) is 0 Å². The van der Waals surface area contributed by atoms with Crippen LogP contribution >= 0.6 is 0 Å². The van der Waals surface area contributed by atoms with Gasteiger partial charge >= 0.3 is 0 Å². The van der Waals surface area contributed by atoms with Gasteiger partial charge in [-0.3, -0.25) is 0 Å². The largest absolute Gasteiger partial charge is 0.375 e. The zero-order valence-electron chi connectivity index (χ0n) is 7.88. The normalized spacial score (nSPS) is 42.2. The molecule has 2 aliphatic heterocycles. The lowest BCUT2D eigenvalue weighted by molar-refractivity contribution is 0.0424. The second-order valence-corrected chi connectivity index (χ2v) is 4.24. The Morgan fingerprint density at radius 1 is 1.33 bits per heavy atom. The average Bonchev–Trinajstić information content (AvgIpc) is 2.63. The van der Waals surface area contributed by atoms with Crippen molar-refractivity contribution in [2.24, 2.45) is 5.92 Å². The summed E-state index contributed by atoms with van der Waals surface area (Å²) in [6.45, 7) is 4.62. The van der Waals surface area contributed by atoms with Crippen molar-refractivity contribution in [2.45, 2.75) is 44.8 Å². The molecule has 0 spiro atoms. The molecule has 0 aromatic heterocycles. The van der Waals surface area contributed by atoms with Gasteiger partial charge in [0.2, 0.25) is 0 Å². The molecule has 3 atom stereocenters. The highest BCUT2D eigenvalue weighted by Gasteiger charge is 2.26. The van der Waals surface area contributed by atoms with E-state index in [1.165, 1.54) is 38.8 Å². The highest BCUT2D eigenvalue weighted by Crippen LogP contribution is 2.26. The van der Waals surface area contributed by atoms with Gasteiger partial charge in [-0.2, -0.15) is 0 Å². The van der Waals surface area contributed by atoms with E-state index < -0.39 is 0 Å². The fraction of sp³-hybridized carbons (Fsp3) is 1.00. The number of hydrogen-bond donors (Lipinski definition) is 1. The smallest absolute Gasteiger partial charge is 0.0582 e. The summed E-state index contributed by atoms with van der Waals surface area (Å²) >= 11 is 0. The van der Waals surface area contributed by atoms with Crippen LogP contribution < -0.4 is 5.32 Å². The summed E-state index contributed by atoms with van der Waals surface area (Å²) in [6, 6.07) is 0. The van der Waals surface area contributed by atoms with Crippen LogP contribution in [0.4, 0.5) is 0 Å². The van der Waals surface area contributed by atoms with Crippen molar-refractivity contribution >= 4 is 0 Å². The minimum absolute atomic E-state index is 0.518. The molecule has 2 saturated heterocycles. The zero-order chi connectivity index (χ0) is 8.39. The van der Waals surface area contributed by atoms with Gasteiger partial charge in [0.1, 0.15) is 0 Å². The summed E-state index contributed by atoms with van der Waals surface area (Å²) in [5.74, 6) is 0.889. The van der Waals surface area contributed by atoms with Crippen LogP contribution in [-0.2, 0) is 4.74 Å². The van der Waals surface area contributed by atoms with E-state index in [-0.39, 0.29) is 0 Å². The molecule has 2 aliphatic rings. The summed E-state index contributed by atoms with van der Waals surface area (Å²) in [7, 11) is 0. The molecule has 70 valence electrons. The van der Waals surface area contributed by atoms with Crippen molar-refractivity contribution in [3.05, 3.63) is 0 Å². The van der Waals surface area contributed by atoms with Gasteiger partial charge in [0.05, 0.1) is 12.2 Å². The molecular formula is C10H19NO. The van der Waals surface area contributed by atoms with Crippen LogP contribution in [0.25, 0.3) is 0 Å². The zero-order valence-corrected chi connectivity index (χ0v) is 7.88. The second-order valence-electron chi connectivity index (χ2n) is 4.24. The van der Waals surface area contributed by atoms with E-state index in [0.717, 1.165) is 5.92 Å². The van der Waals surface area contributed by atoms with Crippen molar-refractivity contribution in [3.63, 3.8) is 0 Å². The highest BCUT2D eigenvalue weighted by molar-refractivity contribution is 4.78. The van der Waals surface area contributed by atoms with Crippen molar-refractivity contribution in [1.82, 2.24) is 5.32 Å². The molecule has 0 aromatic carbocycles. The third kappa shape index (κ3) is 1.99. The third-order valence-electron chi connectivity index (χ3n) is 3.08. The topological polar surface area (TPSA) is 21.3 Å². The Hall–Kier alpha value is -0.0800. The Morgan fingerprint density at radius 2 is 2.25 bits per heavy atom. The van der Waals surface area contributed by atoms with Crippen LogP contribution in [0, 0.1) is 5.92 Å². The first-order chi connectivity index (χ1) is 5.84. The van der Waals surface area contributed by atoms with E-state index in [2.05, 4.69) is 12.2 Å². The first-order valence-electron chi connectivity index (χ1n) is 5.21. The van der Waals surface area contributed by atoms with E-state index in [4.69, 9.17) is 4.74 Å². The molecule has 0 aliphatic carbocycles. The van der Waals surface area contributed by atoms with Gasteiger partial charge in [0.15, 0.2) is 0 Å². The molecule has 2 heterocycles. The van der Waals surface area contributed by atoms with Crippen LogP contribution in [0.3, 0.4) is 0 Å². The van der Waals surface area contributed by atoms with Gasteiger partial charge < -0.3 is 10.1 Å². The Bertz CT molecular complexity index is 143. The Morgan fingerprint density at radius 3 is 2.83 bits per heavy atom. The molecule has 2 nitrogen and oxygen atoms in total. The Kier molecular flexibility index (Phi) is 2.66. The van der Waals surface area contributed by atoms with Crippen LogP contribution in [0.2, 0.25) is 0 Å². The third-order valence-corrected chi connectivity index (χ3v) is 3.08. The SMILES string of the molecule is CC1CCC(CC2CCNC2)O1. The highest BCUT2D eigenvalue weighted by atomic mass is 16.5. The van der Waals surface area contributed by atoms with Crippen molar-refractivity contribution in [2.75, 3.05) is 13.1 Å². The molecule has 0 saturated carbocycles. The molecule has 0 radical (unpaired) electrons. The lowest BCUT2D eigenvalue weighted by Gasteiger charge is -2.14. The second kappa shape index (κ2) is 3.75. The first kappa shape index (κ1) is 8.52. The minimum atomic E-state index is 0.518. The maximum absolute atomic E-state index is 5.80. The number of nitrogens with one attached hydrogen (secondary N) is 1. The molecule has 0 bridgehead atoms. The van der Waals surface area contributed by atoms with Crippen LogP contribution in [0.5, 0.6) is 0 Å². The number of rotatable bonds is 2. The van der Waals surface area contributed by atoms with Gasteiger partial charge in [0.25, 0.3) is 0 Å². The van der Waals surface area contributed by atoms with Crippen LogP contribution in [0.15, 0.2) is 0 Å². The molecular weight excluding hydrogens is 150 g/mol. The van der Waals surface area contributed by atoms with Crippen LogP contribution in [-0.4, -0.2) is 25.3 Å². The number of ether oxygens (including phenoxy) is 1. The van der Waals surface area contributed by atoms with E-state index in [0.29, 0.717) is 12.2 Å². The molecule has 12 heavy (non-hydrogen) atoms. The summed E-state index contributed by atoms with van der Waals surface area (Å²) < 4.78 is 5.80. The van der Waals surface area contributed by atoms with Crippen molar-refractivity contribution in [1.29, 1.82) is 0 Å². The molecule has 2 heteroatoms. The molecule has 2 fully saturated rings. The first-order valence-corrected chi connectivity index (χ1v) is 5.21. The maximum atomic E-state index is 5.80. The predicted molar refractivity (Wildman–Crippen MR) is 49.2 cm³/mol. The minimum Gasteiger partial charge on any atom is -0.375 e. The quantitative estimate of drug-likeness (QED) is 0.677. The van der Waals surface area contributed by atoms with E-state index in [1.54, 1.807) is 0 Å². The van der Waals surface area contributed by atoms with E-state index >= 15 is 0 Å². The summed E-state index contributed by atoms with van der Waals surface area (Å²) in [5, 5.41) is 3.40. The lowest BCUT2D eigenvalue weighted by Crippen LogP contribution is -2.16. The Balaban J connectivity index is 1.72. The summed E-state index contributed by atoms with van der Waals surface area (Å²) in [4.78, 5) is 0. The van der Waals surface area contributed by atoms with E-state index in [9.17, 15) is 0 Å². The predicted octanol–water partition coefficient (Wildman–Crippen LogP) is 1.55. The van der Waals surface area contributed by atoms with Gasteiger partial charge in [-0.15, -0.1) is 0 Å².